The third-order valence-electron chi connectivity index (χ3n) is 4.06. The van der Waals surface area contributed by atoms with Crippen molar-refractivity contribution in [3.63, 3.8) is 0 Å². The van der Waals surface area contributed by atoms with Gasteiger partial charge < -0.3 is 14.7 Å². The summed E-state index contributed by atoms with van der Waals surface area (Å²) in [6.07, 6.45) is 3.84. The van der Waals surface area contributed by atoms with Crippen molar-refractivity contribution in [3.05, 3.63) is 0 Å². The number of hydrogen-bond acceptors (Lipinski definition) is 3. The topological polar surface area (TPSA) is 66.8 Å². The molecule has 1 aliphatic heterocycles. The first-order valence-corrected chi connectivity index (χ1v) is 7.47. The number of carboxylic acids is 1. The first-order valence-electron chi connectivity index (χ1n) is 7.47. The van der Waals surface area contributed by atoms with Gasteiger partial charge in [-0.25, -0.2) is 4.79 Å². The Bertz CT molecular complexity index is 384. The molecule has 1 saturated carbocycles. The minimum atomic E-state index is -0.788. The van der Waals surface area contributed by atoms with Crippen LogP contribution in [0.15, 0.2) is 0 Å². The summed E-state index contributed by atoms with van der Waals surface area (Å²) in [4.78, 5) is 25.0. The lowest BCUT2D eigenvalue weighted by atomic mass is 9.82. The van der Waals surface area contributed by atoms with Crippen LogP contribution in [0.5, 0.6) is 0 Å². The Morgan fingerprint density at radius 2 is 1.90 bits per heavy atom. The largest absolute Gasteiger partial charge is 0.481 e. The molecule has 1 heterocycles. The molecule has 1 aliphatic carbocycles. The molecule has 0 aromatic carbocycles. The van der Waals surface area contributed by atoms with E-state index in [-0.39, 0.29) is 12.5 Å². The molecule has 1 amide bonds. The first-order chi connectivity index (χ1) is 9.26. The summed E-state index contributed by atoms with van der Waals surface area (Å²) in [6.45, 7) is 6.34. The van der Waals surface area contributed by atoms with E-state index in [1.54, 1.807) is 4.90 Å². The second-order valence-corrected chi connectivity index (χ2v) is 7.10. The maximum atomic E-state index is 12.0. The Balaban J connectivity index is 1.94. The molecule has 2 fully saturated rings. The average molecular weight is 283 g/mol. The van der Waals surface area contributed by atoms with E-state index in [9.17, 15) is 14.7 Å². The third-order valence-corrected chi connectivity index (χ3v) is 4.06. The number of likely N-dealkylation sites (tertiary alicyclic amines) is 1. The molecule has 1 saturated heterocycles. The van der Waals surface area contributed by atoms with Crippen LogP contribution in [-0.2, 0) is 9.53 Å². The van der Waals surface area contributed by atoms with Crippen LogP contribution >= 0.6 is 0 Å². The maximum absolute atomic E-state index is 12.0. The number of rotatable bonds is 3. The highest BCUT2D eigenvalue weighted by atomic mass is 16.6. The Labute approximate surface area is 120 Å². The van der Waals surface area contributed by atoms with Crippen LogP contribution in [0.25, 0.3) is 0 Å². The van der Waals surface area contributed by atoms with E-state index in [0.717, 1.165) is 18.8 Å². The summed E-state index contributed by atoms with van der Waals surface area (Å²) in [7, 11) is 0. The first kappa shape index (κ1) is 15.1. The fourth-order valence-corrected chi connectivity index (χ4v) is 2.84. The van der Waals surface area contributed by atoms with E-state index >= 15 is 0 Å². The van der Waals surface area contributed by atoms with Gasteiger partial charge in [-0.05, 0) is 45.4 Å². The Hall–Kier alpha value is -1.26. The van der Waals surface area contributed by atoms with Crippen molar-refractivity contribution in [1.29, 1.82) is 0 Å². The van der Waals surface area contributed by atoms with Crippen molar-refractivity contribution < 1.29 is 19.4 Å². The van der Waals surface area contributed by atoms with Crippen LogP contribution in [0.3, 0.4) is 0 Å². The lowest BCUT2D eigenvalue weighted by molar-refractivity contribution is -0.146. The van der Waals surface area contributed by atoms with Crippen LogP contribution in [0.4, 0.5) is 4.79 Å². The van der Waals surface area contributed by atoms with Crippen molar-refractivity contribution >= 4 is 12.1 Å². The molecule has 0 unspecified atom stereocenters. The zero-order valence-corrected chi connectivity index (χ0v) is 12.6. The molecule has 114 valence electrons. The maximum Gasteiger partial charge on any atom is 0.410 e. The summed E-state index contributed by atoms with van der Waals surface area (Å²) in [5, 5.41) is 9.40. The Morgan fingerprint density at radius 1 is 1.25 bits per heavy atom. The number of amides is 1. The normalized spacial score (nSPS) is 27.2. The minimum absolute atomic E-state index is 0.207. The van der Waals surface area contributed by atoms with E-state index < -0.39 is 23.6 Å². The van der Waals surface area contributed by atoms with Crippen molar-refractivity contribution in [2.45, 2.75) is 52.1 Å². The number of carbonyl (C=O) groups excluding carboxylic acids is 1. The van der Waals surface area contributed by atoms with Crippen LogP contribution in [0.1, 0.15) is 46.5 Å². The monoisotopic (exact) mass is 283 g/mol. The molecule has 2 aliphatic rings. The van der Waals surface area contributed by atoms with Gasteiger partial charge in [-0.2, -0.15) is 0 Å². The second-order valence-electron chi connectivity index (χ2n) is 7.10. The van der Waals surface area contributed by atoms with E-state index in [4.69, 9.17) is 4.74 Å². The number of nitrogens with zero attached hydrogens (tertiary/aromatic N) is 1. The molecule has 5 heteroatoms. The Morgan fingerprint density at radius 3 is 2.40 bits per heavy atom. The van der Waals surface area contributed by atoms with Gasteiger partial charge in [0.2, 0.25) is 0 Å². The van der Waals surface area contributed by atoms with E-state index in [2.05, 4.69) is 0 Å². The summed E-state index contributed by atoms with van der Waals surface area (Å²) in [6, 6.07) is 0. The van der Waals surface area contributed by atoms with Crippen molar-refractivity contribution in [3.8, 4) is 0 Å². The van der Waals surface area contributed by atoms with E-state index in [0.29, 0.717) is 6.54 Å². The molecule has 2 atom stereocenters. The SMILES string of the molecule is CC(C)(C)OC(=O)N1CC[C@@H](CC2CC2)[C@@H](C(=O)O)C1. The molecule has 0 aromatic heterocycles. The van der Waals surface area contributed by atoms with Gasteiger partial charge in [0.1, 0.15) is 5.60 Å². The van der Waals surface area contributed by atoms with Crippen molar-refractivity contribution in [2.75, 3.05) is 13.1 Å². The summed E-state index contributed by atoms with van der Waals surface area (Å²) >= 11 is 0. The van der Waals surface area contributed by atoms with Crippen molar-refractivity contribution in [2.24, 2.45) is 17.8 Å². The summed E-state index contributed by atoms with van der Waals surface area (Å²) in [5.41, 5.74) is -0.541. The van der Waals surface area contributed by atoms with Gasteiger partial charge >= 0.3 is 12.1 Å². The fourth-order valence-electron chi connectivity index (χ4n) is 2.84. The number of carbonyl (C=O) groups is 2. The highest BCUT2D eigenvalue weighted by Gasteiger charge is 2.39. The van der Waals surface area contributed by atoms with E-state index in [1.807, 2.05) is 20.8 Å². The van der Waals surface area contributed by atoms with Crippen LogP contribution in [0, 0.1) is 17.8 Å². The molecule has 2 rings (SSSR count). The zero-order chi connectivity index (χ0) is 14.9. The van der Waals surface area contributed by atoms with Gasteiger partial charge in [0.25, 0.3) is 0 Å². The molecule has 0 bridgehead atoms. The molecule has 5 nitrogen and oxygen atoms in total. The van der Waals surface area contributed by atoms with Crippen LogP contribution in [0.2, 0.25) is 0 Å². The fraction of sp³-hybridized carbons (Fsp3) is 0.867. The smallest absolute Gasteiger partial charge is 0.410 e. The van der Waals surface area contributed by atoms with Gasteiger partial charge in [0, 0.05) is 13.1 Å². The standard InChI is InChI=1S/C15H25NO4/c1-15(2,3)20-14(19)16-7-6-11(8-10-4-5-10)12(9-16)13(17)18/h10-12H,4-9H2,1-3H3,(H,17,18)/t11-,12-/m0/s1. The number of aliphatic carboxylic acids is 1. The predicted molar refractivity (Wildman–Crippen MR) is 74.4 cm³/mol. The second kappa shape index (κ2) is 5.62. The van der Waals surface area contributed by atoms with Gasteiger partial charge in [0.05, 0.1) is 5.92 Å². The lowest BCUT2D eigenvalue weighted by Gasteiger charge is -2.37. The molecule has 1 N–H and O–H groups in total. The van der Waals surface area contributed by atoms with Crippen molar-refractivity contribution in [1.82, 2.24) is 4.90 Å². The van der Waals surface area contributed by atoms with Gasteiger partial charge in [-0.3, -0.25) is 4.79 Å². The number of ether oxygens (including phenoxy) is 1. The van der Waals surface area contributed by atoms with Gasteiger partial charge in [-0.15, -0.1) is 0 Å². The van der Waals surface area contributed by atoms with Crippen LogP contribution in [-0.4, -0.2) is 40.8 Å². The minimum Gasteiger partial charge on any atom is -0.481 e. The molecule has 0 aromatic rings. The van der Waals surface area contributed by atoms with Gasteiger partial charge in [-0.1, -0.05) is 12.8 Å². The number of carboxylic acid groups (broad SMARTS) is 1. The average Bonchev–Trinajstić information content (AvgIpc) is 3.10. The molecule has 20 heavy (non-hydrogen) atoms. The van der Waals surface area contributed by atoms with E-state index in [1.165, 1.54) is 12.8 Å². The predicted octanol–water partition coefficient (Wildman–Crippen LogP) is 2.74. The third kappa shape index (κ3) is 4.12. The highest BCUT2D eigenvalue weighted by molar-refractivity contribution is 5.73. The van der Waals surface area contributed by atoms with Gasteiger partial charge in [0.15, 0.2) is 0 Å². The quantitative estimate of drug-likeness (QED) is 0.864. The molecular weight excluding hydrogens is 258 g/mol. The molecule has 0 radical (unpaired) electrons. The molecular formula is C15H25NO4. The number of piperidine rings is 1. The lowest BCUT2D eigenvalue weighted by Crippen LogP contribution is -2.48. The highest BCUT2D eigenvalue weighted by Crippen LogP contribution is 2.40. The Kier molecular flexibility index (Phi) is 4.25. The zero-order valence-electron chi connectivity index (χ0n) is 12.6. The molecule has 0 spiro atoms. The van der Waals surface area contributed by atoms with Crippen LogP contribution < -0.4 is 0 Å². The number of hydrogen-bond donors (Lipinski definition) is 1. The summed E-state index contributed by atoms with van der Waals surface area (Å²) in [5.74, 6) is -0.311. The summed E-state index contributed by atoms with van der Waals surface area (Å²) < 4.78 is 5.33.